The van der Waals surface area contributed by atoms with Crippen LogP contribution in [0.15, 0.2) is 0 Å². The Morgan fingerprint density at radius 2 is 1.11 bits per heavy atom. The molecule has 0 fully saturated rings. The fraction of sp³-hybridized carbons (Fsp3) is 1.00. The van der Waals surface area contributed by atoms with Crippen molar-refractivity contribution in [2.75, 3.05) is 0 Å². The molecule has 0 spiro atoms. The van der Waals surface area contributed by atoms with Crippen LogP contribution in [-0.4, -0.2) is 12.1 Å². The first-order valence-corrected chi connectivity index (χ1v) is 8.96. The van der Waals surface area contributed by atoms with Gasteiger partial charge in [-0.3, -0.25) is 0 Å². The fourth-order valence-electron chi connectivity index (χ4n) is 2.76. The van der Waals surface area contributed by atoms with Gasteiger partial charge in [-0.1, -0.05) is 91.9 Å². The molecular weight excluding hydrogens is 230 g/mol. The summed E-state index contributed by atoms with van der Waals surface area (Å²) in [5.41, 5.74) is 0. The van der Waals surface area contributed by atoms with Crippen LogP contribution in [0.5, 0.6) is 0 Å². The molecule has 0 aromatic heterocycles. The Morgan fingerprint density at radius 3 is 1.63 bits per heavy atom. The highest BCUT2D eigenvalue weighted by atomic mass is 14.9. The third-order valence-electron chi connectivity index (χ3n) is 3.88. The van der Waals surface area contributed by atoms with Crippen LogP contribution in [0.25, 0.3) is 0 Å². The maximum absolute atomic E-state index is 3.73. The highest BCUT2D eigenvalue weighted by molar-refractivity contribution is 4.69. The zero-order valence-corrected chi connectivity index (χ0v) is 14.1. The molecule has 0 saturated heterocycles. The van der Waals surface area contributed by atoms with Crippen LogP contribution in [0.4, 0.5) is 0 Å². The minimum Gasteiger partial charge on any atom is -0.312 e. The summed E-state index contributed by atoms with van der Waals surface area (Å²) in [5, 5.41) is 3.73. The second-order valence-electron chi connectivity index (χ2n) is 6.42. The number of hydrogen-bond acceptors (Lipinski definition) is 1. The first-order valence-electron chi connectivity index (χ1n) is 8.96. The Bertz CT molecular complexity index is 165. The van der Waals surface area contributed by atoms with Gasteiger partial charge in [0.2, 0.25) is 0 Å². The maximum atomic E-state index is 3.73. The van der Waals surface area contributed by atoms with Crippen LogP contribution in [-0.2, 0) is 0 Å². The lowest BCUT2D eigenvalue weighted by atomic mass is 10.0. The van der Waals surface area contributed by atoms with E-state index in [1.807, 2.05) is 0 Å². The molecule has 0 saturated carbocycles. The quantitative estimate of drug-likeness (QED) is 0.377. The van der Waals surface area contributed by atoms with E-state index in [1.54, 1.807) is 0 Å². The number of nitrogens with one attached hydrogen (secondary N) is 1. The Kier molecular flexibility index (Phi) is 14.3. The van der Waals surface area contributed by atoms with Gasteiger partial charge in [-0.2, -0.15) is 0 Å². The van der Waals surface area contributed by atoms with E-state index in [4.69, 9.17) is 0 Å². The minimum absolute atomic E-state index is 0.635. The predicted molar refractivity (Wildman–Crippen MR) is 88.8 cm³/mol. The molecule has 0 rings (SSSR count). The molecule has 1 N–H and O–H groups in total. The van der Waals surface area contributed by atoms with Gasteiger partial charge in [-0.25, -0.2) is 0 Å². The lowest BCUT2D eigenvalue weighted by Crippen LogP contribution is -2.34. The van der Waals surface area contributed by atoms with Crippen LogP contribution in [0, 0.1) is 0 Å². The number of hydrogen-bond donors (Lipinski definition) is 1. The summed E-state index contributed by atoms with van der Waals surface area (Å²) in [4.78, 5) is 0. The van der Waals surface area contributed by atoms with Gasteiger partial charge in [0.15, 0.2) is 0 Å². The van der Waals surface area contributed by atoms with Crippen LogP contribution in [0.2, 0.25) is 0 Å². The monoisotopic (exact) mass is 269 g/mol. The van der Waals surface area contributed by atoms with Crippen molar-refractivity contribution < 1.29 is 0 Å². The third kappa shape index (κ3) is 14.2. The van der Waals surface area contributed by atoms with Crippen molar-refractivity contribution in [1.29, 1.82) is 0 Å². The number of rotatable bonds is 14. The Labute approximate surface area is 122 Å². The lowest BCUT2D eigenvalue weighted by Gasteiger charge is -2.21. The second-order valence-corrected chi connectivity index (χ2v) is 6.42. The van der Waals surface area contributed by atoms with Gasteiger partial charge in [0.05, 0.1) is 0 Å². The molecule has 116 valence electrons. The molecule has 0 aliphatic carbocycles. The standard InChI is InChI=1S/C18H39N/c1-5-7-9-10-11-12-13-14-16-18(15-8-6-2)19-17(3)4/h17-19H,5-16H2,1-4H3. The van der Waals surface area contributed by atoms with Crippen molar-refractivity contribution in [3.05, 3.63) is 0 Å². The van der Waals surface area contributed by atoms with Crippen molar-refractivity contribution in [3.8, 4) is 0 Å². The summed E-state index contributed by atoms with van der Waals surface area (Å²) < 4.78 is 0. The minimum atomic E-state index is 0.635. The summed E-state index contributed by atoms with van der Waals surface area (Å²) in [6, 6.07) is 1.40. The van der Waals surface area contributed by atoms with Gasteiger partial charge in [-0.15, -0.1) is 0 Å². The van der Waals surface area contributed by atoms with E-state index < -0.39 is 0 Å². The van der Waals surface area contributed by atoms with E-state index in [-0.39, 0.29) is 0 Å². The maximum Gasteiger partial charge on any atom is 0.00694 e. The summed E-state index contributed by atoms with van der Waals surface area (Å²) in [6.07, 6.45) is 16.9. The lowest BCUT2D eigenvalue weighted by molar-refractivity contribution is 0.391. The molecule has 0 heterocycles. The molecule has 0 aliphatic heterocycles. The van der Waals surface area contributed by atoms with Crippen molar-refractivity contribution in [2.24, 2.45) is 0 Å². The van der Waals surface area contributed by atoms with Crippen LogP contribution < -0.4 is 5.32 Å². The molecule has 1 heteroatoms. The smallest absolute Gasteiger partial charge is 0.00694 e. The molecule has 1 atom stereocenters. The van der Waals surface area contributed by atoms with Crippen LogP contribution >= 0.6 is 0 Å². The molecule has 0 bridgehead atoms. The fourth-order valence-corrected chi connectivity index (χ4v) is 2.76. The van der Waals surface area contributed by atoms with E-state index in [1.165, 1.54) is 77.0 Å². The van der Waals surface area contributed by atoms with Crippen molar-refractivity contribution in [3.63, 3.8) is 0 Å². The Balaban J connectivity index is 3.46. The molecule has 0 radical (unpaired) electrons. The molecule has 1 nitrogen and oxygen atoms in total. The normalized spacial score (nSPS) is 13.1. The van der Waals surface area contributed by atoms with Gasteiger partial charge >= 0.3 is 0 Å². The Hall–Kier alpha value is -0.0400. The second kappa shape index (κ2) is 14.4. The van der Waals surface area contributed by atoms with E-state index >= 15 is 0 Å². The third-order valence-corrected chi connectivity index (χ3v) is 3.88. The predicted octanol–water partition coefficient (Wildman–Crippen LogP) is 6.07. The van der Waals surface area contributed by atoms with Gasteiger partial charge in [-0.05, 0) is 12.8 Å². The van der Waals surface area contributed by atoms with E-state index in [9.17, 15) is 0 Å². The van der Waals surface area contributed by atoms with Gasteiger partial charge in [0.25, 0.3) is 0 Å². The molecule has 0 aromatic rings. The van der Waals surface area contributed by atoms with Gasteiger partial charge < -0.3 is 5.32 Å². The van der Waals surface area contributed by atoms with E-state index in [0.29, 0.717) is 6.04 Å². The highest BCUT2D eigenvalue weighted by Crippen LogP contribution is 2.13. The molecule has 0 aliphatic rings. The largest absolute Gasteiger partial charge is 0.312 e. The highest BCUT2D eigenvalue weighted by Gasteiger charge is 2.08. The van der Waals surface area contributed by atoms with E-state index in [0.717, 1.165) is 6.04 Å². The molecule has 19 heavy (non-hydrogen) atoms. The summed E-state index contributed by atoms with van der Waals surface area (Å²) in [6.45, 7) is 9.13. The molecular formula is C18H39N. The van der Waals surface area contributed by atoms with Crippen LogP contribution in [0.1, 0.15) is 105 Å². The molecule has 0 aromatic carbocycles. The first kappa shape index (κ1) is 19.0. The van der Waals surface area contributed by atoms with Crippen molar-refractivity contribution >= 4 is 0 Å². The van der Waals surface area contributed by atoms with Crippen molar-refractivity contribution in [2.45, 2.75) is 117 Å². The molecule has 0 amide bonds. The zero-order valence-electron chi connectivity index (χ0n) is 14.1. The average molecular weight is 270 g/mol. The van der Waals surface area contributed by atoms with Crippen molar-refractivity contribution in [1.82, 2.24) is 5.32 Å². The molecule has 1 unspecified atom stereocenters. The topological polar surface area (TPSA) is 12.0 Å². The van der Waals surface area contributed by atoms with Gasteiger partial charge in [0, 0.05) is 12.1 Å². The van der Waals surface area contributed by atoms with Gasteiger partial charge in [0.1, 0.15) is 0 Å². The SMILES string of the molecule is CCCCCCCCCCC(CCCC)NC(C)C. The van der Waals surface area contributed by atoms with Crippen LogP contribution in [0.3, 0.4) is 0 Å². The zero-order chi connectivity index (χ0) is 14.3. The number of unbranched alkanes of at least 4 members (excludes halogenated alkanes) is 8. The Morgan fingerprint density at radius 1 is 0.632 bits per heavy atom. The first-order chi connectivity index (χ1) is 9.20. The van der Waals surface area contributed by atoms with E-state index in [2.05, 4.69) is 33.0 Å². The summed E-state index contributed by atoms with van der Waals surface area (Å²) >= 11 is 0. The average Bonchev–Trinajstić information content (AvgIpc) is 2.38. The summed E-state index contributed by atoms with van der Waals surface area (Å²) in [7, 11) is 0. The summed E-state index contributed by atoms with van der Waals surface area (Å²) in [5.74, 6) is 0.